The fourth-order valence-corrected chi connectivity index (χ4v) is 5.03. The molecule has 174 valence electrons. The highest BCUT2D eigenvalue weighted by Gasteiger charge is 2.33. The Bertz CT molecular complexity index is 1190. The summed E-state index contributed by atoms with van der Waals surface area (Å²) in [5, 5.41) is 8.78. The lowest BCUT2D eigenvalue weighted by Crippen LogP contribution is -2.39. The fraction of sp³-hybridized carbons (Fsp3) is 0.500. The Morgan fingerprint density at radius 2 is 2.09 bits per heavy atom. The summed E-state index contributed by atoms with van der Waals surface area (Å²) >= 11 is 0. The monoisotopic (exact) mass is 449 g/mol. The molecule has 2 atom stereocenters. The van der Waals surface area contributed by atoms with Crippen LogP contribution in [0.3, 0.4) is 0 Å². The topological polar surface area (TPSA) is 88.4 Å². The zero-order valence-electron chi connectivity index (χ0n) is 19.7. The molecule has 2 aromatic heterocycles. The molecular formula is C24H31N7O2. The smallest absolute Gasteiger partial charge is 0.229 e. The molecule has 1 aromatic carbocycles. The van der Waals surface area contributed by atoms with Crippen molar-refractivity contribution in [2.45, 2.75) is 45.8 Å². The zero-order valence-corrected chi connectivity index (χ0v) is 19.7. The summed E-state index contributed by atoms with van der Waals surface area (Å²) in [6.07, 6.45) is 5.60. The van der Waals surface area contributed by atoms with Crippen LogP contribution in [0.5, 0.6) is 5.75 Å². The molecule has 1 amide bonds. The van der Waals surface area contributed by atoms with Crippen molar-refractivity contribution in [2.75, 3.05) is 32.6 Å². The van der Waals surface area contributed by atoms with Crippen LogP contribution in [0.15, 0.2) is 24.5 Å². The lowest BCUT2D eigenvalue weighted by molar-refractivity contribution is -0.130. The summed E-state index contributed by atoms with van der Waals surface area (Å²) in [5.41, 5.74) is 4.22. The highest BCUT2D eigenvalue weighted by atomic mass is 16.5. The van der Waals surface area contributed by atoms with Crippen LogP contribution in [-0.2, 0) is 24.3 Å². The number of anilines is 2. The van der Waals surface area contributed by atoms with Crippen molar-refractivity contribution in [3.05, 3.63) is 35.7 Å². The van der Waals surface area contributed by atoms with E-state index in [0.29, 0.717) is 18.4 Å². The number of carbonyl (C=O) groups is 1. The Kier molecular flexibility index (Phi) is 5.65. The number of nitrogens with zero attached hydrogens (tertiary/aromatic N) is 6. The molecular weight excluding hydrogens is 418 g/mol. The minimum atomic E-state index is 0.114. The number of ether oxygens (including phenoxy) is 1. The van der Waals surface area contributed by atoms with Gasteiger partial charge in [-0.25, -0.2) is 9.67 Å². The van der Waals surface area contributed by atoms with Gasteiger partial charge in [-0.2, -0.15) is 10.1 Å². The maximum atomic E-state index is 12.1. The van der Waals surface area contributed by atoms with Gasteiger partial charge in [-0.05, 0) is 49.1 Å². The number of carbonyl (C=O) groups excluding carboxylic acids is 1. The first-order valence-electron chi connectivity index (χ1n) is 11.5. The predicted octanol–water partition coefficient (Wildman–Crippen LogP) is 2.82. The van der Waals surface area contributed by atoms with Gasteiger partial charge in [0, 0.05) is 32.8 Å². The van der Waals surface area contributed by atoms with E-state index in [1.54, 1.807) is 26.4 Å². The van der Waals surface area contributed by atoms with E-state index in [-0.39, 0.29) is 11.9 Å². The van der Waals surface area contributed by atoms with Crippen LogP contribution < -0.4 is 10.1 Å². The molecule has 2 aliphatic heterocycles. The van der Waals surface area contributed by atoms with Gasteiger partial charge in [-0.3, -0.25) is 4.79 Å². The van der Waals surface area contributed by atoms with Crippen molar-refractivity contribution >= 4 is 28.6 Å². The number of aromatic nitrogens is 4. The highest BCUT2D eigenvalue weighted by molar-refractivity contribution is 5.76. The third kappa shape index (κ3) is 4.13. The number of methoxy groups -OCH3 is 1. The SMILES string of the molecule is COc1cc2c(cc1Nc1ncc3cnn(C[C@@H]4[C@H](C)CCN4C(C)=O)c3n1)CN(C)CC2. The van der Waals surface area contributed by atoms with Gasteiger partial charge in [0.05, 0.1) is 37.0 Å². The standard InChI is InChI=1S/C24H31N7O2/c1-15-5-8-30(16(2)32)21(15)14-31-23-19(12-26-31)11-25-24(28-23)27-20-9-18-13-29(3)7-6-17(18)10-22(20)33-4/h9-12,15,21H,5-8,13-14H2,1-4H3,(H,25,27,28)/t15-,21-/m1/s1. The number of fused-ring (bicyclic) bond motifs is 2. The third-order valence-corrected chi connectivity index (χ3v) is 6.99. The average Bonchev–Trinajstić information content (AvgIpc) is 3.37. The van der Waals surface area contributed by atoms with Crippen molar-refractivity contribution in [3.63, 3.8) is 0 Å². The van der Waals surface area contributed by atoms with E-state index in [4.69, 9.17) is 9.72 Å². The number of rotatable bonds is 5. The number of likely N-dealkylation sites (tertiary alicyclic amines) is 1. The summed E-state index contributed by atoms with van der Waals surface area (Å²) in [6, 6.07) is 4.37. The van der Waals surface area contributed by atoms with Crippen LogP contribution in [0.25, 0.3) is 11.0 Å². The Morgan fingerprint density at radius 3 is 2.88 bits per heavy atom. The number of amides is 1. The summed E-state index contributed by atoms with van der Waals surface area (Å²) in [5.74, 6) is 1.82. The Morgan fingerprint density at radius 1 is 1.24 bits per heavy atom. The average molecular weight is 450 g/mol. The quantitative estimate of drug-likeness (QED) is 0.641. The highest BCUT2D eigenvalue weighted by Crippen LogP contribution is 2.33. The Balaban J connectivity index is 1.44. The summed E-state index contributed by atoms with van der Waals surface area (Å²) in [4.78, 5) is 25.6. The van der Waals surface area contributed by atoms with Crippen molar-refractivity contribution in [2.24, 2.45) is 5.92 Å². The van der Waals surface area contributed by atoms with E-state index in [2.05, 4.69) is 46.4 Å². The van der Waals surface area contributed by atoms with Crippen LogP contribution in [0, 0.1) is 5.92 Å². The molecule has 9 nitrogen and oxygen atoms in total. The number of hydrogen-bond donors (Lipinski definition) is 1. The van der Waals surface area contributed by atoms with Gasteiger partial charge in [-0.1, -0.05) is 6.92 Å². The van der Waals surface area contributed by atoms with Gasteiger partial charge in [-0.15, -0.1) is 0 Å². The lowest BCUT2D eigenvalue weighted by Gasteiger charge is -2.26. The molecule has 5 rings (SSSR count). The summed E-state index contributed by atoms with van der Waals surface area (Å²) in [7, 11) is 3.82. The van der Waals surface area contributed by atoms with Crippen molar-refractivity contribution < 1.29 is 9.53 Å². The molecule has 1 saturated heterocycles. The second-order valence-electron chi connectivity index (χ2n) is 9.28. The van der Waals surface area contributed by atoms with E-state index in [1.807, 2.05) is 9.58 Å². The molecule has 3 aromatic rings. The van der Waals surface area contributed by atoms with E-state index >= 15 is 0 Å². The number of benzene rings is 1. The number of likely N-dealkylation sites (N-methyl/N-ethyl adjacent to an activating group) is 1. The Hall–Kier alpha value is -3.20. The summed E-state index contributed by atoms with van der Waals surface area (Å²) < 4.78 is 7.55. The molecule has 1 fully saturated rings. The molecule has 33 heavy (non-hydrogen) atoms. The van der Waals surface area contributed by atoms with Gasteiger partial charge in [0.2, 0.25) is 11.9 Å². The van der Waals surface area contributed by atoms with E-state index < -0.39 is 0 Å². The van der Waals surface area contributed by atoms with Crippen molar-refractivity contribution in [1.29, 1.82) is 0 Å². The summed E-state index contributed by atoms with van der Waals surface area (Å²) in [6.45, 7) is 7.21. The molecule has 0 spiro atoms. The van der Waals surface area contributed by atoms with Crippen LogP contribution in [0.2, 0.25) is 0 Å². The van der Waals surface area contributed by atoms with E-state index in [0.717, 1.165) is 54.9 Å². The molecule has 0 aliphatic carbocycles. The second kappa shape index (κ2) is 8.62. The molecule has 0 saturated carbocycles. The molecule has 0 bridgehead atoms. The van der Waals surface area contributed by atoms with E-state index in [9.17, 15) is 4.79 Å². The molecule has 2 aliphatic rings. The fourth-order valence-electron chi connectivity index (χ4n) is 5.03. The number of hydrogen-bond acceptors (Lipinski definition) is 7. The minimum absolute atomic E-state index is 0.114. The maximum Gasteiger partial charge on any atom is 0.229 e. The van der Waals surface area contributed by atoms with Gasteiger partial charge in [0.15, 0.2) is 5.65 Å². The van der Waals surface area contributed by atoms with E-state index in [1.165, 1.54) is 11.1 Å². The van der Waals surface area contributed by atoms with Gasteiger partial charge in [0.25, 0.3) is 0 Å². The van der Waals surface area contributed by atoms with Crippen LogP contribution in [0.4, 0.5) is 11.6 Å². The van der Waals surface area contributed by atoms with Gasteiger partial charge >= 0.3 is 0 Å². The molecule has 9 heteroatoms. The van der Waals surface area contributed by atoms with Crippen molar-refractivity contribution in [3.8, 4) is 5.75 Å². The lowest BCUT2D eigenvalue weighted by atomic mass is 9.99. The van der Waals surface area contributed by atoms with Crippen LogP contribution >= 0.6 is 0 Å². The molecule has 0 unspecified atom stereocenters. The first kappa shape index (κ1) is 21.6. The molecule has 0 radical (unpaired) electrons. The largest absolute Gasteiger partial charge is 0.495 e. The number of nitrogens with one attached hydrogen (secondary N) is 1. The normalized spacial score (nSPS) is 20.8. The van der Waals surface area contributed by atoms with Crippen LogP contribution in [-0.4, -0.2) is 68.7 Å². The first-order valence-corrected chi connectivity index (χ1v) is 11.5. The van der Waals surface area contributed by atoms with Gasteiger partial charge < -0.3 is 19.9 Å². The minimum Gasteiger partial charge on any atom is -0.495 e. The predicted molar refractivity (Wildman–Crippen MR) is 127 cm³/mol. The zero-order chi connectivity index (χ0) is 23.1. The molecule has 1 N–H and O–H groups in total. The maximum absolute atomic E-state index is 12.1. The van der Waals surface area contributed by atoms with Crippen LogP contribution in [0.1, 0.15) is 31.4 Å². The first-order chi connectivity index (χ1) is 15.9. The second-order valence-corrected chi connectivity index (χ2v) is 9.28. The van der Waals surface area contributed by atoms with Crippen molar-refractivity contribution in [1.82, 2.24) is 29.5 Å². The third-order valence-electron chi connectivity index (χ3n) is 6.99. The molecule has 4 heterocycles. The van der Waals surface area contributed by atoms with Gasteiger partial charge in [0.1, 0.15) is 5.75 Å². The Labute approximate surface area is 193 Å².